The molecule has 7 nitrogen and oxygen atoms in total. The summed E-state index contributed by atoms with van der Waals surface area (Å²) >= 11 is 0. The normalized spacial score (nSPS) is 11.9. The van der Waals surface area contributed by atoms with E-state index in [0.29, 0.717) is 11.5 Å². The molecule has 0 fully saturated rings. The molecule has 0 bridgehead atoms. The first-order valence-corrected chi connectivity index (χ1v) is 13.5. The summed E-state index contributed by atoms with van der Waals surface area (Å²) in [6.07, 6.45) is 0. The van der Waals surface area contributed by atoms with Gasteiger partial charge in [0.05, 0.1) is 43.0 Å². The Hall–Kier alpha value is -4.30. The standard InChI is InChI=1S/C30H30N2O5S/c1-22(26-13-8-10-16-29(26)37-3)31-30(33)27-14-7-9-15-28(27)32(21-23-11-5-4-6-12-23)38(34,35)25-19-17-24(36-2)18-20-25/h4-20,22H,21H2,1-3H3,(H,31,33). The highest BCUT2D eigenvalue weighted by Gasteiger charge is 2.29. The molecule has 0 saturated heterocycles. The zero-order valence-corrected chi connectivity index (χ0v) is 22.3. The van der Waals surface area contributed by atoms with Crippen LogP contribution in [0.15, 0.2) is 108 Å². The molecule has 1 unspecified atom stereocenters. The Morgan fingerprint density at radius 3 is 2.13 bits per heavy atom. The maximum Gasteiger partial charge on any atom is 0.264 e. The second-order valence-corrected chi connectivity index (χ2v) is 10.5. The summed E-state index contributed by atoms with van der Waals surface area (Å²) in [4.78, 5) is 13.7. The number of nitrogens with zero attached hydrogens (tertiary/aromatic N) is 1. The average Bonchev–Trinajstić information content (AvgIpc) is 2.96. The van der Waals surface area contributed by atoms with Crippen LogP contribution in [-0.4, -0.2) is 28.5 Å². The van der Waals surface area contributed by atoms with Gasteiger partial charge >= 0.3 is 0 Å². The number of ether oxygens (including phenoxy) is 2. The number of anilines is 1. The molecule has 0 aliphatic carbocycles. The van der Waals surface area contributed by atoms with Gasteiger partial charge in [0.15, 0.2) is 0 Å². The number of hydrogen-bond donors (Lipinski definition) is 1. The number of sulfonamides is 1. The van der Waals surface area contributed by atoms with Gasteiger partial charge in [0.1, 0.15) is 11.5 Å². The van der Waals surface area contributed by atoms with E-state index in [4.69, 9.17) is 9.47 Å². The highest BCUT2D eigenvalue weighted by atomic mass is 32.2. The first-order chi connectivity index (χ1) is 18.3. The third-order valence-electron chi connectivity index (χ3n) is 6.19. The Balaban J connectivity index is 1.74. The molecule has 196 valence electrons. The summed E-state index contributed by atoms with van der Waals surface area (Å²) in [5, 5.41) is 3.00. The van der Waals surface area contributed by atoms with Crippen molar-refractivity contribution in [3.05, 3.63) is 120 Å². The van der Waals surface area contributed by atoms with Crippen LogP contribution in [0.3, 0.4) is 0 Å². The van der Waals surface area contributed by atoms with Crippen LogP contribution in [0.2, 0.25) is 0 Å². The van der Waals surface area contributed by atoms with Crippen LogP contribution in [0.5, 0.6) is 11.5 Å². The van der Waals surface area contributed by atoms with Crippen LogP contribution in [0.4, 0.5) is 5.69 Å². The first kappa shape index (κ1) is 26.8. The molecule has 1 atom stereocenters. The lowest BCUT2D eigenvalue weighted by atomic mass is 10.1. The van der Waals surface area contributed by atoms with Gasteiger partial charge in [-0.3, -0.25) is 9.10 Å². The van der Waals surface area contributed by atoms with Crippen molar-refractivity contribution in [2.75, 3.05) is 18.5 Å². The first-order valence-electron chi connectivity index (χ1n) is 12.1. The maximum atomic E-state index is 14.0. The fourth-order valence-corrected chi connectivity index (χ4v) is 5.65. The van der Waals surface area contributed by atoms with Gasteiger partial charge in [-0.15, -0.1) is 0 Å². The number of amides is 1. The van der Waals surface area contributed by atoms with Crippen molar-refractivity contribution in [2.45, 2.75) is 24.4 Å². The third kappa shape index (κ3) is 5.81. The number of hydrogen-bond acceptors (Lipinski definition) is 5. The Morgan fingerprint density at radius 2 is 1.45 bits per heavy atom. The highest BCUT2D eigenvalue weighted by molar-refractivity contribution is 7.92. The van der Waals surface area contributed by atoms with Crippen LogP contribution in [0.1, 0.15) is 34.5 Å². The fraction of sp³-hybridized carbons (Fsp3) is 0.167. The number of para-hydroxylation sites is 2. The molecule has 0 aliphatic rings. The SMILES string of the molecule is COc1ccc(S(=O)(=O)N(Cc2ccccc2)c2ccccc2C(=O)NC(C)c2ccccc2OC)cc1. The van der Waals surface area contributed by atoms with Crippen molar-refractivity contribution >= 4 is 21.6 Å². The molecule has 0 aromatic heterocycles. The molecule has 0 aliphatic heterocycles. The van der Waals surface area contributed by atoms with E-state index in [2.05, 4.69) is 5.32 Å². The molecule has 8 heteroatoms. The molecule has 0 heterocycles. The van der Waals surface area contributed by atoms with Gasteiger partial charge in [-0.1, -0.05) is 60.7 Å². The summed E-state index contributed by atoms with van der Waals surface area (Å²) < 4.78 is 39.9. The zero-order chi connectivity index (χ0) is 27.1. The fourth-order valence-electron chi connectivity index (χ4n) is 4.18. The van der Waals surface area contributed by atoms with E-state index >= 15 is 0 Å². The third-order valence-corrected chi connectivity index (χ3v) is 7.96. The summed E-state index contributed by atoms with van der Waals surface area (Å²) in [5.74, 6) is 0.798. The second kappa shape index (κ2) is 11.8. The Morgan fingerprint density at radius 1 is 0.816 bits per heavy atom. The lowest BCUT2D eigenvalue weighted by Crippen LogP contribution is -2.34. The summed E-state index contributed by atoms with van der Waals surface area (Å²) in [6.45, 7) is 1.90. The number of methoxy groups -OCH3 is 2. The molecular weight excluding hydrogens is 500 g/mol. The number of carbonyl (C=O) groups excluding carboxylic acids is 1. The average molecular weight is 531 g/mol. The van der Waals surface area contributed by atoms with E-state index in [9.17, 15) is 13.2 Å². The molecule has 1 amide bonds. The quantitative estimate of drug-likeness (QED) is 0.289. The van der Waals surface area contributed by atoms with E-state index in [-0.39, 0.29) is 28.7 Å². The predicted molar refractivity (Wildman–Crippen MR) is 148 cm³/mol. The molecule has 4 aromatic rings. The minimum atomic E-state index is -4.05. The van der Waals surface area contributed by atoms with Crippen molar-refractivity contribution < 1.29 is 22.7 Å². The van der Waals surface area contributed by atoms with Gasteiger partial charge in [0.25, 0.3) is 15.9 Å². The Labute approximate surface area is 223 Å². The summed E-state index contributed by atoms with van der Waals surface area (Å²) in [5.41, 5.74) is 2.11. The Bertz CT molecular complexity index is 1490. The van der Waals surface area contributed by atoms with E-state index in [1.165, 1.54) is 23.5 Å². The number of rotatable bonds is 10. The summed E-state index contributed by atoms with van der Waals surface area (Å²) in [7, 11) is -0.949. The van der Waals surface area contributed by atoms with Crippen LogP contribution < -0.4 is 19.1 Å². The lowest BCUT2D eigenvalue weighted by Gasteiger charge is -2.27. The highest BCUT2D eigenvalue weighted by Crippen LogP contribution is 2.31. The van der Waals surface area contributed by atoms with Gasteiger partial charge in [0.2, 0.25) is 0 Å². The van der Waals surface area contributed by atoms with Crippen LogP contribution in [-0.2, 0) is 16.6 Å². The number of nitrogens with one attached hydrogen (secondary N) is 1. The predicted octanol–water partition coefficient (Wildman–Crippen LogP) is 5.59. The van der Waals surface area contributed by atoms with Crippen molar-refractivity contribution in [1.29, 1.82) is 0 Å². The van der Waals surface area contributed by atoms with Gasteiger partial charge in [0, 0.05) is 5.56 Å². The van der Waals surface area contributed by atoms with Crippen molar-refractivity contribution in [1.82, 2.24) is 5.32 Å². The maximum absolute atomic E-state index is 14.0. The zero-order valence-electron chi connectivity index (χ0n) is 21.5. The largest absolute Gasteiger partial charge is 0.497 e. The van der Waals surface area contributed by atoms with Gasteiger partial charge in [-0.25, -0.2) is 8.42 Å². The molecule has 0 spiro atoms. The van der Waals surface area contributed by atoms with Gasteiger partial charge < -0.3 is 14.8 Å². The lowest BCUT2D eigenvalue weighted by molar-refractivity contribution is 0.0940. The van der Waals surface area contributed by atoms with Crippen molar-refractivity contribution in [2.24, 2.45) is 0 Å². The van der Waals surface area contributed by atoms with Gasteiger partial charge in [-0.2, -0.15) is 0 Å². The monoisotopic (exact) mass is 530 g/mol. The molecule has 38 heavy (non-hydrogen) atoms. The molecular formula is C30H30N2O5S. The van der Waals surface area contributed by atoms with E-state index in [0.717, 1.165) is 11.1 Å². The van der Waals surface area contributed by atoms with Crippen molar-refractivity contribution in [3.8, 4) is 11.5 Å². The van der Waals surface area contributed by atoms with Crippen molar-refractivity contribution in [3.63, 3.8) is 0 Å². The molecule has 4 rings (SSSR count). The van der Waals surface area contributed by atoms with Gasteiger partial charge in [-0.05, 0) is 55.0 Å². The number of carbonyl (C=O) groups is 1. The molecule has 4 aromatic carbocycles. The molecule has 0 saturated carbocycles. The topological polar surface area (TPSA) is 84.9 Å². The number of benzene rings is 4. The van der Waals surface area contributed by atoms with E-state index in [1.54, 1.807) is 43.5 Å². The molecule has 1 N–H and O–H groups in total. The van der Waals surface area contributed by atoms with E-state index < -0.39 is 15.9 Å². The Kier molecular flexibility index (Phi) is 8.33. The smallest absolute Gasteiger partial charge is 0.264 e. The van der Waals surface area contributed by atoms with Crippen LogP contribution in [0, 0.1) is 0 Å². The van der Waals surface area contributed by atoms with E-state index in [1.807, 2.05) is 61.5 Å². The van der Waals surface area contributed by atoms with Crippen LogP contribution >= 0.6 is 0 Å². The minimum Gasteiger partial charge on any atom is -0.497 e. The van der Waals surface area contributed by atoms with Crippen LogP contribution in [0.25, 0.3) is 0 Å². The second-order valence-electron chi connectivity index (χ2n) is 8.63. The molecule has 0 radical (unpaired) electrons. The minimum absolute atomic E-state index is 0.0432. The summed E-state index contributed by atoms with van der Waals surface area (Å²) in [6, 6.07) is 29.2.